The Morgan fingerprint density at radius 3 is 2.76 bits per heavy atom. The maximum Gasteiger partial charge on any atom is 0.0534 e. The number of aromatic nitrogens is 2. The molecule has 3 rings (SSSR count). The first-order valence-corrected chi connectivity index (χ1v) is 8.67. The normalized spacial score (nSPS) is 29.4. The first-order chi connectivity index (χ1) is 10.2. The molecule has 2 fully saturated rings. The van der Waals surface area contributed by atoms with Crippen LogP contribution in [0.25, 0.3) is 0 Å². The summed E-state index contributed by atoms with van der Waals surface area (Å²) in [7, 11) is 2.00. The van der Waals surface area contributed by atoms with Crippen molar-refractivity contribution >= 4 is 0 Å². The predicted octanol–water partition coefficient (Wildman–Crippen LogP) is 2.55. The van der Waals surface area contributed by atoms with Gasteiger partial charge in [0.05, 0.1) is 6.20 Å². The molecule has 1 aromatic rings. The highest BCUT2D eigenvalue weighted by molar-refractivity contribution is 5.04. The van der Waals surface area contributed by atoms with E-state index in [-0.39, 0.29) is 0 Å². The highest BCUT2D eigenvalue weighted by atomic mass is 15.3. The van der Waals surface area contributed by atoms with Crippen LogP contribution >= 0.6 is 0 Å². The summed E-state index contributed by atoms with van der Waals surface area (Å²) in [4.78, 5) is 2.66. The van der Waals surface area contributed by atoms with E-state index in [0.717, 1.165) is 12.5 Å². The van der Waals surface area contributed by atoms with Crippen molar-refractivity contribution in [2.45, 2.75) is 64.1 Å². The summed E-state index contributed by atoms with van der Waals surface area (Å²) in [5.74, 6) is 0.889. The van der Waals surface area contributed by atoms with Gasteiger partial charge >= 0.3 is 0 Å². The van der Waals surface area contributed by atoms with Crippen LogP contribution in [0.5, 0.6) is 0 Å². The van der Waals surface area contributed by atoms with Gasteiger partial charge in [-0.3, -0.25) is 9.58 Å². The summed E-state index contributed by atoms with van der Waals surface area (Å²) in [6.07, 6.45) is 12.6. The summed E-state index contributed by atoms with van der Waals surface area (Å²) in [5, 5.41) is 8.15. The van der Waals surface area contributed by atoms with Crippen LogP contribution in [0.4, 0.5) is 0 Å². The van der Waals surface area contributed by atoms with Crippen LogP contribution in [-0.2, 0) is 13.6 Å². The van der Waals surface area contributed by atoms with E-state index in [4.69, 9.17) is 0 Å². The second-order valence-corrected chi connectivity index (χ2v) is 7.05. The van der Waals surface area contributed by atoms with Gasteiger partial charge in [-0.2, -0.15) is 5.10 Å². The van der Waals surface area contributed by atoms with Crippen molar-refractivity contribution < 1.29 is 0 Å². The second kappa shape index (κ2) is 6.93. The summed E-state index contributed by atoms with van der Waals surface area (Å²) in [5.41, 5.74) is 1.34. The molecule has 1 aromatic heterocycles. The van der Waals surface area contributed by atoms with E-state index < -0.39 is 0 Å². The number of nitrogens with zero attached hydrogens (tertiary/aromatic N) is 3. The van der Waals surface area contributed by atoms with Gasteiger partial charge in [0, 0.05) is 44.0 Å². The molecule has 1 saturated heterocycles. The fourth-order valence-corrected chi connectivity index (χ4v) is 4.02. The van der Waals surface area contributed by atoms with Crippen molar-refractivity contribution in [3.05, 3.63) is 18.0 Å². The molecule has 2 atom stereocenters. The molecule has 2 heterocycles. The average Bonchev–Trinajstić information content (AvgIpc) is 2.81. The molecular formula is C17H30N4. The van der Waals surface area contributed by atoms with Gasteiger partial charge in [-0.1, -0.05) is 19.3 Å². The monoisotopic (exact) mass is 290 g/mol. The smallest absolute Gasteiger partial charge is 0.0534 e. The lowest BCUT2D eigenvalue weighted by atomic mass is 9.83. The van der Waals surface area contributed by atoms with Crippen LogP contribution < -0.4 is 5.32 Å². The minimum absolute atomic E-state index is 0.659. The lowest BCUT2D eigenvalue weighted by molar-refractivity contribution is 0.165. The van der Waals surface area contributed by atoms with Gasteiger partial charge in [-0.05, 0) is 38.6 Å². The van der Waals surface area contributed by atoms with E-state index in [1.54, 1.807) is 0 Å². The zero-order valence-corrected chi connectivity index (χ0v) is 13.6. The lowest BCUT2D eigenvalue weighted by Crippen LogP contribution is -2.44. The van der Waals surface area contributed by atoms with Gasteiger partial charge in [-0.15, -0.1) is 0 Å². The second-order valence-electron chi connectivity index (χ2n) is 7.05. The van der Waals surface area contributed by atoms with Crippen molar-refractivity contribution in [2.24, 2.45) is 13.0 Å². The fourth-order valence-electron chi connectivity index (χ4n) is 4.02. The number of nitrogens with one attached hydrogen (secondary N) is 1. The van der Waals surface area contributed by atoms with Gasteiger partial charge in [0.1, 0.15) is 0 Å². The number of hydrogen-bond acceptors (Lipinski definition) is 3. The molecule has 0 aromatic carbocycles. The van der Waals surface area contributed by atoms with Crippen LogP contribution in [0, 0.1) is 5.92 Å². The third-order valence-electron chi connectivity index (χ3n) is 5.39. The molecule has 0 spiro atoms. The standard InChI is InChI=1S/C17H30N4/c1-14-8-9-18-17(16-6-4-3-5-7-16)13-21(14)12-15-10-19-20(2)11-15/h10-11,14,16-18H,3-9,12-13H2,1-2H3. The molecule has 2 unspecified atom stereocenters. The maximum atomic E-state index is 4.31. The molecule has 1 aliphatic heterocycles. The quantitative estimate of drug-likeness (QED) is 0.929. The van der Waals surface area contributed by atoms with Crippen molar-refractivity contribution in [2.75, 3.05) is 13.1 Å². The average molecular weight is 290 g/mol. The zero-order valence-electron chi connectivity index (χ0n) is 13.6. The molecule has 1 N–H and O–H groups in total. The Bertz CT molecular complexity index is 436. The third-order valence-corrected chi connectivity index (χ3v) is 5.39. The Kier molecular flexibility index (Phi) is 4.96. The largest absolute Gasteiger partial charge is 0.312 e. The Hall–Kier alpha value is -0.870. The highest BCUT2D eigenvalue weighted by Gasteiger charge is 2.29. The molecular weight excluding hydrogens is 260 g/mol. The molecule has 0 amide bonds. The van der Waals surface area contributed by atoms with Crippen LogP contribution in [0.15, 0.2) is 12.4 Å². The van der Waals surface area contributed by atoms with E-state index in [2.05, 4.69) is 28.4 Å². The summed E-state index contributed by atoms with van der Waals surface area (Å²) >= 11 is 0. The fraction of sp³-hybridized carbons (Fsp3) is 0.824. The van der Waals surface area contributed by atoms with E-state index in [9.17, 15) is 0 Å². The summed E-state index contributed by atoms with van der Waals surface area (Å²) < 4.78 is 1.91. The lowest BCUT2D eigenvalue weighted by Gasteiger charge is -2.34. The molecule has 0 bridgehead atoms. The van der Waals surface area contributed by atoms with Gasteiger partial charge in [0.2, 0.25) is 0 Å². The Balaban J connectivity index is 1.65. The van der Waals surface area contributed by atoms with Crippen LogP contribution in [-0.4, -0.2) is 39.9 Å². The van der Waals surface area contributed by atoms with E-state index in [0.29, 0.717) is 12.1 Å². The molecule has 4 nitrogen and oxygen atoms in total. The van der Waals surface area contributed by atoms with Crippen molar-refractivity contribution in [3.8, 4) is 0 Å². The Labute approximate surface area is 128 Å². The molecule has 1 aliphatic carbocycles. The first-order valence-electron chi connectivity index (χ1n) is 8.67. The molecule has 2 aliphatic rings. The third kappa shape index (κ3) is 3.86. The molecule has 21 heavy (non-hydrogen) atoms. The van der Waals surface area contributed by atoms with E-state index >= 15 is 0 Å². The molecule has 0 radical (unpaired) electrons. The Morgan fingerprint density at radius 2 is 2.05 bits per heavy atom. The van der Waals surface area contributed by atoms with Crippen LogP contribution in [0.1, 0.15) is 51.0 Å². The summed E-state index contributed by atoms with van der Waals surface area (Å²) in [6, 6.07) is 1.35. The topological polar surface area (TPSA) is 33.1 Å². The van der Waals surface area contributed by atoms with E-state index in [1.165, 1.54) is 57.2 Å². The van der Waals surface area contributed by atoms with Crippen LogP contribution in [0.2, 0.25) is 0 Å². The predicted molar refractivity (Wildman–Crippen MR) is 86.1 cm³/mol. The number of rotatable bonds is 3. The van der Waals surface area contributed by atoms with Crippen LogP contribution in [0.3, 0.4) is 0 Å². The van der Waals surface area contributed by atoms with Crippen molar-refractivity contribution in [1.82, 2.24) is 20.0 Å². The molecule has 4 heteroatoms. The van der Waals surface area contributed by atoms with Crippen molar-refractivity contribution in [1.29, 1.82) is 0 Å². The zero-order chi connectivity index (χ0) is 14.7. The van der Waals surface area contributed by atoms with Gasteiger partial charge in [0.15, 0.2) is 0 Å². The van der Waals surface area contributed by atoms with E-state index in [1.807, 2.05) is 17.9 Å². The summed E-state index contributed by atoms with van der Waals surface area (Å²) in [6.45, 7) is 5.79. The van der Waals surface area contributed by atoms with Gasteiger partial charge < -0.3 is 5.32 Å². The Morgan fingerprint density at radius 1 is 1.24 bits per heavy atom. The van der Waals surface area contributed by atoms with Crippen molar-refractivity contribution in [3.63, 3.8) is 0 Å². The minimum atomic E-state index is 0.659. The number of aryl methyl sites for hydroxylation is 1. The minimum Gasteiger partial charge on any atom is -0.312 e. The van der Waals surface area contributed by atoms with Gasteiger partial charge in [-0.25, -0.2) is 0 Å². The number of hydrogen-bond donors (Lipinski definition) is 1. The molecule has 118 valence electrons. The first kappa shape index (κ1) is 15.0. The molecule has 1 saturated carbocycles. The SMILES string of the molecule is CC1CCNC(C2CCCCC2)CN1Cc1cnn(C)c1. The van der Waals surface area contributed by atoms with Gasteiger partial charge in [0.25, 0.3) is 0 Å². The highest BCUT2D eigenvalue weighted by Crippen LogP contribution is 2.28. The maximum absolute atomic E-state index is 4.31.